The molecule has 0 saturated carbocycles. The van der Waals surface area contributed by atoms with Crippen LogP contribution in [0.3, 0.4) is 0 Å². The third-order valence-corrected chi connectivity index (χ3v) is 5.85. The van der Waals surface area contributed by atoms with E-state index in [9.17, 15) is 19.8 Å². The molecule has 1 rings (SSSR count). The van der Waals surface area contributed by atoms with E-state index in [4.69, 9.17) is 0 Å². The third-order valence-electron chi connectivity index (χ3n) is 3.20. The summed E-state index contributed by atoms with van der Waals surface area (Å²) in [6, 6.07) is 0. The lowest BCUT2D eigenvalue weighted by Gasteiger charge is -2.41. The summed E-state index contributed by atoms with van der Waals surface area (Å²) >= 11 is 0. The van der Waals surface area contributed by atoms with Crippen LogP contribution in [0.5, 0.6) is 0 Å². The van der Waals surface area contributed by atoms with Crippen molar-refractivity contribution >= 4 is 20.0 Å². The summed E-state index contributed by atoms with van der Waals surface area (Å²) in [4.78, 5) is 22.7. The van der Waals surface area contributed by atoms with Gasteiger partial charge in [0.1, 0.15) is 0 Å². The molecule has 94 valence electrons. The Morgan fingerprint density at radius 3 is 2.18 bits per heavy atom. The lowest BCUT2D eigenvalue weighted by molar-refractivity contribution is -0.145. The van der Waals surface area contributed by atoms with E-state index in [2.05, 4.69) is 0 Å². The molecule has 0 heterocycles. The van der Waals surface area contributed by atoms with Crippen molar-refractivity contribution in [1.29, 1.82) is 0 Å². The molecule has 4 nitrogen and oxygen atoms in total. The Labute approximate surface area is 102 Å². The first-order valence-electron chi connectivity index (χ1n) is 5.47. The van der Waals surface area contributed by atoms with Gasteiger partial charge >= 0.3 is 11.9 Å². The molecule has 0 fully saturated rings. The van der Waals surface area contributed by atoms with Crippen LogP contribution in [0.2, 0.25) is 25.2 Å². The summed E-state index contributed by atoms with van der Waals surface area (Å²) < 4.78 is 0. The molecule has 0 saturated heterocycles. The number of aliphatic carboxylic acids is 2. The van der Waals surface area contributed by atoms with E-state index < -0.39 is 31.0 Å². The van der Waals surface area contributed by atoms with E-state index in [0.29, 0.717) is 0 Å². The first-order valence-corrected chi connectivity index (χ1v) is 9.04. The highest BCUT2D eigenvalue weighted by Gasteiger charge is 2.50. The maximum atomic E-state index is 11.5. The monoisotopic (exact) mass is 254 g/mol. The molecule has 1 aliphatic rings. The van der Waals surface area contributed by atoms with Crippen LogP contribution in [-0.4, -0.2) is 30.2 Å². The number of carboxylic acids is 2. The minimum absolute atomic E-state index is 0.219. The van der Waals surface area contributed by atoms with Gasteiger partial charge in [-0.2, -0.15) is 0 Å². The van der Waals surface area contributed by atoms with Gasteiger partial charge in [0, 0.05) is 11.1 Å². The Hall–Kier alpha value is -1.36. The molecule has 0 aromatic carbocycles. The van der Waals surface area contributed by atoms with Gasteiger partial charge in [-0.3, -0.25) is 4.79 Å². The van der Waals surface area contributed by atoms with Crippen LogP contribution in [0.25, 0.3) is 0 Å². The van der Waals surface area contributed by atoms with Crippen molar-refractivity contribution in [2.45, 2.75) is 32.1 Å². The van der Waals surface area contributed by atoms with Crippen LogP contribution in [0.4, 0.5) is 0 Å². The maximum absolute atomic E-state index is 11.5. The number of carbonyl (C=O) groups is 2. The summed E-state index contributed by atoms with van der Waals surface area (Å²) in [5.41, 5.74) is -1.32. The minimum atomic E-state index is -1.96. The summed E-state index contributed by atoms with van der Waals surface area (Å²) in [6.45, 7) is 7.59. The largest absolute Gasteiger partial charge is 0.481 e. The summed E-state index contributed by atoms with van der Waals surface area (Å²) in [5.74, 6) is -1.98. The van der Waals surface area contributed by atoms with Crippen molar-refractivity contribution in [3.63, 3.8) is 0 Å². The van der Waals surface area contributed by atoms with E-state index in [0.717, 1.165) is 0 Å². The normalized spacial score (nSPS) is 28.7. The van der Waals surface area contributed by atoms with Crippen molar-refractivity contribution in [2.24, 2.45) is 5.41 Å². The summed E-state index contributed by atoms with van der Waals surface area (Å²) in [6.07, 6.45) is 4.66. The topological polar surface area (TPSA) is 74.6 Å². The molecular weight excluding hydrogens is 236 g/mol. The van der Waals surface area contributed by atoms with Crippen LogP contribution in [0.1, 0.15) is 6.92 Å². The van der Waals surface area contributed by atoms with Gasteiger partial charge in [0.15, 0.2) is 0 Å². The molecule has 2 N–H and O–H groups in total. The van der Waals surface area contributed by atoms with Gasteiger partial charge in [0.05, 0.1) is 13.5 Å². The molecule has 2 atom stereocenters. The summed E-state index contributed by atoms with van der Waals surface area (Å²) in [5, 5.41) is 18.6. The average Bonchev–Trinajstić information content (AvgIpc) is 2.14. The third kappa shape index (κ3) is 2.34. The highest BCUT2D eigenvalue weighted by Crippen LogP contribution is 2.48. The number of rotatable bonds is 3. The number of hydrogen-bond acceptors (Lipinski definition) is 2. The molecule has 2 unspecified atom stereocenters. The van der Waals surface area contributed by atoms with Gasteiger partial charge in [-0.1, -0.05) is 37.9 Å². The fourth-order valence-corrected chi connectivity index (χ4v) is 5.79. The van der Waals surface area contributed by atoms with E-state index in [1.807, 2.05) is 19.6 Å². The molecule has 0 aromatic rings. The van der Waals surface area contributed by atoms with Crippen molar-refractivity contribution < 1.29 is 19.8 Å². The minimum Gasteiger partial charge on any atom is -0.481 e. The number of carboxylic acid groups (broad SMARTS) is 2. The van der Waals surface area contributed by atoms with Gasteiger partial charge in [-0.25, -0.2) is 4.79 Å². The van der Waals surface area contributed by atoms with Crippen molar-refractivity contribution in [1.82, 2.24) is 0 Å². The van der Waals surface area contributed by atoms with Crippen LogP contribution in [0.15, 0.2) is 23.8 Å². The zero-order chi connectivity index (χ0) is 13.4. The van der Waals surface area contributed by atoms with E-state index in [-0.39, 0.29) is 5.57 Å². The quantitative estimate of drug-likeness (QED) is 0.758. The zero-order valence-corrected chi connectivity index (χ0v) is 11.5. The lowest BCUT2D eigenvalue weighted by Crippen LogP contribution is -2.46. The Bertz CT molecular complexity index is 417. The van der Waals surface area contributed by atoms with E-state index in [1.54, 1.807) is 13.0 Å². The van der Waals surface area contributed by atoms with Gasteiger partial charge in [0.2, 0.25) is 0 Å². The van der Waals surface area contributed by atoms with Gasteiger partial charge in [-0.05, 0) is 6.92 Å². The fourth-order valence-electron chi connectivity index (χ4n) is 2.62. The number of hydrogen-bond donors (Lipinski definition) is 2. The molecular formula is C12H18O4Si. The van der Waals surface area contributed by atoms with Gasteiger partial charge < -0.3 is 10.2 Å². The molecule has 0 aromatic heterocycles. The predicted molar refractivity (Wildman–Crippen MR) is 67.7 cm³/mol. The SMILES string of the molecule is CC1(C(=O)O)C=CC=C(C(=O)O)C1[Si](C)(C)C. The molecule has 17 heavy (non-hydrogen) atoms. The standard InChI is InChI=1S/C12H18O4Si/c1-12(11(15)16)7-5-6-8(10(13)14)9(12)17(2,3)4/h5-7,9H,1-4H3,(H,13,14)(H,15,16). The molecule has 0 amide bonds. The maximum Gasteiger partial charge on any atom is 0.331 e. The first kappa shape index (κ1) is 13.7. The van der Waals surface area contributed by atoms with Crippen LogP contribution < -0.4 is 0 Å². The van der Waals surface area contributed by atoms with E-state index >= 15 is 0 Å². The first-order chi connectivity index (χ1) is 7.60. The molecule has 0 bridgehead atoms. The highest BCUT2D eigenvalue weighted by atomic mass is 28.3. The zero-order valence-electron chi connectivity index (χ0n) is 10.5. The smallest absolute Gasteiger partial charge is 0.331 e. The Morgan fingerprint density at radius 1 is 1.29 bits per heavy atom. The van der Waals surface area contributed by atoms with Gasteiger partial charge in [-0.15, -0.1) is 0 Å². The highest BCUT2D eigenvalue weighted by molar-refractivity contribution is 6.79. The lowest BCUT2D eigenvalue weighted by atomic mass is 9.79. The van der Waals surface area contributed by atoms with Crippen molar-refractivity contribution in [2.75, 3.05) is 0 Å². The number of allylic oxidation sites excluding steroid dienone is 2. The second-order valence-electron chi connectivity index (χ2n) is 5.67. The molecule has 0 aliphatic heterocycles. The Balaban J connectivity index is 3.39. The Morgan fingerprint density at radius 2 is 1.82 bits per heavy atom. The fraction of sp³-hybridized carbons (Fsp3) is 0.500. The molecule has 0 spiro atoms. The molecule has 1 aliphatic carbocycles. The average molecular weight is 254 g/mol. The van der Waals surface area contributed by atoms with Crippen LogP contribution >= 0.6 is 0 Å². The second kappa shape index (κ2) is 4.14. The van der Waals surface area contributed by atoms with Crippen molar-refractivity contribution in [3.8, 4) is 0 Å². The summed E-state index contributed by atoms with van der Waals surface area (Å²) in [7, 11) is -1.96. The molecule has 5 heteroatoms. The predicted octanol–water partition coefficient (Wildman–Crippen LogP) is 2.37. The van der Waals surface area contributed by atoms with Gasteiger partial charge in [0.25, 0.3) is 0 Å². The van der Waals surface area contributed by atoms with E-state index in [1.165, 1.54) is 12.2 Å². The van der Waals surface area contributed by atoms with Crippen molar-refractivity contribution in [3.05, 3.63) is 23.8 Å². The van der Waals surface area contributed by atoms with Crippen LogP contribution in [0, 0.1) is 5.41 Å². The van der Waals surface area contributed by atoms with Crippen LogP contribution in [-0.2, 0) is 9.59 Å². The molecule has 0 radical (unpaired) electrons. The second-order valence-corrected chi connectivity index (χ2v) is 11.0. The Kier molecular flexibility index (Phi) is 3.34.